The first-order valence-electron chi connectivity index (χ1n) is 6.81. The Morgan fingerprint density at radius 2 is 2.13 bits per heavy atom. The second-order valence-corrected chi connectivity index (χ2v) is 7.14. The number of rotatable bonds is 6. The number of anilines is 2. The van der Waals surface area contributed by atoms with Crippen LogP contribution in [0.2, 0.25) is 0 Å². The van der Waals surface area contributed by atoms with Gasteiger partial charge in [0, 0.05) is 6.54 Å². The van der Waals surface area contributed by atoms with Gasteiger partial charge in [-0.25, -0.2) is 4.98 Å². The van der Waals surface area contributed by atoms with Crippen molar-refractivity contribution in [3.8, 4) is 0 Å². The maximum absolute atomic E-state index is 11.0. The Kier molecular flexibility index (Phi) is 3.64. The molecule has 23 heavy (non-hydrogen) atoms. The van der Waals surface area contributed by atoms with E-state index in [9.17, 15) is 4.57 Å². The third-order valence-electron chi connectivity index (χ3n) is 3.73. The smallest absolute Gasteiger partial charge is 0.351 e. The van der Waals surface area contributed by atoms with E-state index >= 15 is 0 Å². The minimum atomic E-state index is -4.22. The zero-order valence-corrected chi connectivity index (χ0v) is 13.1. The topological polar surface area (TPSA) is 162 Å². The first-order chi connectivity index (χ1) is 10.7. The van der Waals surface area contributed by atoms with E-state index in [0.29, 0.717) is 36.1 Å². The predicted octanol–water partition coefficient (Wildman–Crippen LogP) is 0.231. The van der Waals surface area contributed by atoms with Gasteiger partial charge in [-0.1, -0.05) is 6.58 Å². The Balaban J connectivity index is 1.80. The molecule has 1 aliphatic carbocycles. The lowest BCUT2D eigenvalue weighted by Gasteiger charge is -2.20. The first-order valence-corrected chi connectivity index (χ1v) is 8.61. The number of imidazole rings is 1. The van der Waals surface area contributed by atoms with Gasteiger partial charge in [-0.2, -0.15) is 9.97 Å². The van der Waals surface area contributed by atoms with Crippen LogP contribution in [0.1, 0.15) is 12.8 Å². The zero-order chi connectivity index (χ0) is 16.8. The Bertz CT molecular complexity index is 824. The van der Waals surface area contributed by atoms with Crippen LogP contribution in [0.4, 0.5) is 11.8 Å². The highest BCUT2D eigenvalue weighted by atomic mass is 31.2. The minimum absolute atomic E-state index is 0.0428. The molecule has 0 aromatic carbocycles. The van der Waals surface area contributed by atoms with Crippen molar-refractivity contribution in [3.05, 3.63) is 18.5 Å². The average Bonchev–Trinajstić information content (AvgIpc) is 3.14. The largest absolute Gasteiger partial charge is 0.382 e. The molecule has 1 fully saturated rings. The maximum atomic E-state index is 11.0. The zero-order valence-electron chi connectivity index (χ0n) is 12.2. The van der Waals surface area contributed by atoms with Gasteiger partial charge in [0.25, 0.3) is 0 Å². The third-order valence-corrected chi connectivity index (χ3v) is 4.19. The van der Waals surface area contributed by atoms with Crippen molar-refractivity contribution in [1.82, 2.24) is 19.5 Å². The summed E-state index contributed by atoms with van der Waals surface area (Å²) in [6.45, 7) is 4.31. The summed E-state index contributed by atoms with van der Waals surface area (Å²) in [5.41, 5.74) is 12.2. The summed E-state index contributed by atoms with van der Waals surface area (Å²) in [6.07, 6.45) is 2.24. The van der Waals surface area contributed by atoms with Crippen LogP contribution in [-0.4, -0.2) is 41.3 Å². The van der Waals surface area contributed by atoms with Gasteiger partial charge in [-0.05, 0) is 18.4 Å². The fourth-order valence-electron chi connectivity index (χ4n) is 2.37. The monoisotopic (exact) mass is 340 g/mol. The highest BCUT2D eigenvalue weighted by molar-refractivity contribution is 7.51. The van der Waals surface area contributed by atoms with E-state index in [1.54, 1.807) is 10.9 Å². The molecule has 0 saturated heterocycles. The molecular weight excluding hydrogens is 323 g/mol. The Morgan fingerprint density at radius 1 is 1.43 bits per heavy atom. The number of nitrogens with zero attached hydrogens (tertiary/aromatic N) is 4. The predicted molar refractivity (Wildman–Crippen MR) is 83.2 cm³/mol. The Labute approximate surface area is 131 Å². The summed E-state index contributed by atoms with van der Waals surface area (Å²) in [5.74, 6) is 0.233. The molecule has 1 aliphatic rings. The lowest BCUT2D eigenvalue weighted by atomic mass is 10.1. The molecule has 2 aromatic rings. The van der Waals surface area contributed by atoms with Crippen molar-refractivity contribution >= 4 is 30.5 Å². The van der Waals surface area contributed by atoms with Gasteiger partial charge in [-0.15, -0.1) is 0 Å². The van der Waals surface area contributed by atoms with E-state index in [-0.39, 0.29) is 11.8 Å². The van der Waals surface area contributed by atoms with Gasteiger partial charge < -0.3 is 30.6 Å². The van der Waals surface area contributed by atoms with Crippen molar-refractivity contribution in [2.24, 2.45) is 0 Å². The molecule has 0 amide bonds. The van der Waals surface area contributed by atoms with E-state index in [1.807, 2.05) is 0 Å². The average molecular weight is 340 g/mol. The van der Waals surface area contributed by atoms with E-state index in [4.69, 9.17) is 26.0 Å². The molecule has 0 aliphatic heterocycles. The second kappa shape index (κ2) is 5.27. The lowest BCUT2D eigenvalue weighted by molar-refractivity contribution is 0.0783. The number of hydrogen-bond acceptors (Lipinski definition) is 7. The number of aromatic nitrogens is 4. The van der Waals surface area contributed by atoms with Gasteiger partial charge >= 0.3 is 7.60 Å². The van der Waals surface area contributed by atoms with Crippen molar-refractivity contribution in [2.45, 2.75) is 25.0 Å². The van der Waals surface area contributed by atoms with E-state index in [1.165, 1.54) is 0 Å². The number of fused-ring (bicyclic) bond motifs is 1. The van der Waals surface area contributed by atoms with Gasteiger partial charge in [0.2, 0.25) is 5.95 Å². The highest BCUT2D eigenvalue weighted by Gasteiger charge is 2.47. The fraction of sp³-hybridized carbons (Fsp3) is 0.417. The van der Waals surface area contributed by atoms with E-state index < -0.39 is 19.5 Å². The molecule has 0 atom stereocenters. The van der Waals surface area contributed by atoms with Gasteiger partial charge in [0.1, 0.15) is 11.9 Å². The van der Waals surface area contributed by atoms with Crippen LogP contribution in [0.3, 0.4) is 0 Å². The normalized spacial score (nSPS) is 16.6. The molecule has 2 aromatic heterocycles. The lowest BCUT2D eigenvalue weighted by Crippen LogP contribution is -2.21. The molecule has 1 saturated carbocycles. The van der Waals surface area contributed by atoms with Crippen LogP contribution in [0.15, 0.2) is 18.5 Å². The molecule has 0 bridgehead atoms. The molecule has 0 unspecified atom stereocenters. The van der Waals surface area contributed by atoms with E-state index in [0.717, 1.165) is 0 Å². The molecule has 3 rings (SSSR count). The highest BCUT2D eigenvalue weighted by Crippen LogP contribution is 2.49. The molecule has 124 valence electrons. The SMILES string of the molecule is C=C(Cn1cnc2c(N)nc(N)nc21)C1(OCP(=O)(O)O)CC1. The molecule has 0 radical (unpaired) electrons. The van der Waals surface area contributed by atoms with Crippen molar-refractivity contribution in [1.29, 1.82) is 0 Å². The first kappa shape index (κ1) is 15.9. The molecule has 2 heterocycles. The van der Waals surface area contributed by atoms with Crippen LogP contribution < -0.4 is 11.5 Å². The van der Waals surface area contributed by atoms with Gasteiger partial charge in [0.15, 0.2) is 11.5 Å². The van der Waals surface area contributed by atoms with Crippen molar-refractivity contribution in [3.63, 3.8) is 0 Å². The van der Waals surface area contributed by atoms with Crippen LogP contribution in [0.5, 0.6) is 0 Å². The number of nitrogens with two attached hydrogens (primary N) is 2. The molecular formula is C12H17N6O4P. The minimum Gasteiger partial charge on any atom is -0.382 e. The summed E-state index contributed by atoms with van der Waals surface area (Å²) < 4.78 is 18.1. The van der Waals surface area contributed by atoms with Crippen molar-refractivity contribution in [2.75, 3.05) is 17.8 Å². The van der Waals surface area contributed by atoms with Crippen LogP contribution in [0.25, 0.3) is 11.2 Å². The quantitative estimate of drug-likeness (QED) is 0.426. The number of nitrogen functional groups attached to an aromatic ring is 2. The maximum Gasteiger partial charge on any atom is 0.351 e. The van der Waals surface area contributed by atoms with Crippen LogP contribution >= 0.6 is 7.60 Å². The summed E-state index contributed by atoms with van der Waals surface area (Å²) in [7, 11) is -4.22. The molecule has 6 N–H and O–H groups in total. The summed E-state index contributed by atoms with van der Waals surface area (Å²) >= 11 is 0. The number of ether oxygens (including phenoxy) is 1. The molecule has 10 nitrogen and oxygen atoms in total. The number of hydrogen-bond donors (Lipinski definition) is 4. The summed E-state index contributed by atoms with van der Waals surface area (Å²) in [4.78, 5) is 30.0. The van der Waals surface area contributed by atoms with Gasteiger partial charge in [-0.3, -0.25) is 4.57 Å². The molecule has 0 spiro atoms. The second-order valence-electron chi connectivity index (χ2n) is 5.55. The van der Waals surface area contributed by atoms with Crippen LogP contribution in [0, 0.1) is 0 Å². The van der Waals surface area contributed by atoms with Crippen molar-refractivity contribution < 1.29 is 19.1 Å². The van der Waals surface area contributed by atoms with E-state index in [2.05, 4.69) is 21.5 Å². The summed E-state index contributed by atoms with van der Waals surface area (Å²) in [5, 5.41) is 0. The fourth-order valence-corrected chi connectivity index (χ4v) is 2.79. The van der Waals surface area contributed by atoms with Crippen LogP contribution in [-0.2, 0) is 15.8 Å². The Morgan fingerprint density at radius 3 is 2.74 bits per heavy atom. The Hall–Kier alpha value is -2.00. The van der Waals surface area contributed by atoms with Gasteiger partial charge in [0.05, 0.1) is 11.9 Å². The third kappa shape index (κ3) is 3.20. The molecule has 11 heteroatoms. The standard InChI is InChI=1S/C12H17N6O4P/c1-7(12(2-3-12)22-6-23(19,20)21)4-18-5-15-8-9(13)16-11(14)17-10(8)18/h5H,1-4,6H2,(H2,19,20,21)(H4,13,14,16,17). The summed E-state index contributed by atoms with van der Waals surface area (Å²) in [6, 6.07) is 0.